The molecular weight excluding hydrogens is 432 g/mol. The molecule has 0 radical (unpaired) electrons. The monoisotopic (exact) mass is 464 g/mol. The van der Waals surface area contributed by atoms with Gasteiger partial charge in [0.2, 0.25) is 5.91 Å². The Kier molecular flexibility index (Phi) is 7.50. The molecule has 0 aromatic heterocycles. The predicted octanol–water partition coefficient (Wildman–Crippen LogP) is 4.31. The van der Waals surface area contributed by atoms with Gasteiger partial charge in [-0.15, -0.1) is 0 Å². The lowest BCUT2D eigenvalue weighted by Gasteiger charge is -2.17. The SMILES string of the molecule is CC(CCC(=O)N[C@H]1CC[C@@H](C(=O)O)C1)CNC(=O)OCC1c2ccccc2-c2ccccc21. The normalized spacial score (nSPS) is 19.7. The van der Waals surface area contributed by atoms with E-state index in [1.165, 1.54) is 22.3 Å². The number of benzene rings is 2. The summed E-state index contributed by atoms with van der Waals surface area (Å²) in [5, 5.41) is 14.8. The zero-order valence-corrected chi connectivity index (χ0v) is 19.5. The van der Waals surface area contributed by atoms with E-state index in [0.29, 0.717) is 38.6 Å². The number of nitrogens with one attached hydrogen (secondary N) is 2. The lowest BCUT2D eigenvalue weighted by molar-refractivity contribution is -0.141. The van der Waals surface area contributed by atoms with Crippen molar-refractivity contribution in [2.45, 2.75) is 51.0 Å². The Labute approximate surface area is 199 Å². The van der Waals surface area contributed by atoms with Gasteiger partial charge in [0.15, 0.2) is 0 Å². The Hall–Kier alpha value is -3.35. The smallest absolute Gasteiger partial charge is 0.407 e. The molecule has 0 aliphatic heterocycles. The maximum atomic E-state index is 12.3. The van der Waals surface area contributed by atoms with Crippen LogP contribution < -0.4 is 10.6 Å². The van der Waals surface area contributed by atoms with Crippen molar-refractivity contribution in [3.63, 3.8) is 0 Å². The first-order chi connectivity index (χ1) is 16.4. The molecular formula is C27H32N2O5. The van der Waals surface area contributed by atoms with Gasteiger partial charge in [-0.05, 0) is 53.9 Å². The number of alkyl carbamates (subject to hydrolysis) is 1. The van der Waals surface area contributed by atoms with Gasteiger partial charge in [0.1, 0.15) is 6.61 Å². The summed E-state index contributed by atoms with van der Waals surface area (Å²) in [6.07, 6.45) is 2.35. The molecule has 2 amide bonds. The number of hydrogen-bond acceptors (Lipinski definition) is 4. The van der Waals surface area contributed by atoms with Crippen LogP contribution in [0, 0.1) is 11.8 Å². The van der Waals surface area contributed by atoms with Gasteiger partial charge >= 0.3 is 12.1 Å². The van der Waals surface area contributed by atoms with Crippen LogP contribution in [0.25, 0.3) is 11.1 Å². The van der Waals surface area contributed by atoms with Crippen molar-refractivity contribution in [1.82, 2.24) is 10.6 Å². The minimum absolute atomic E-state index is 0.0237. The van der Waals surface area contributed by atoms with Gasteiger partial charge in [0.25, 0.3) is 0 Å². The summed E-state index contributed by atoms with van der Waals surface area (Å²) in [6, 6.07) is 16.4. The van der Waals surface area contributed by atoms with Crippen molar-refractivity contribution in [1.29, 1.82) is 0 Å². The van der Waals surface area contributed by atoms with Gasteiger partial charge in [-0.25, -0.2) is 4.79 Å². The molecule has 1 fully saturated rings. The molecule has 3 N–H and O–H groups in total. The van der Waals surface area contributed by atoms with E-state index in [2.05, 4.69) is 34.9 Å². The molecule has 2 aliphatic carbocycles. The summed E-state index contributed by atoms with van der Waals surface area (Å²) < 4.78 is 5.56. The summed E-state index contributed by atoms with van der Waals surface area (Å²) in [4.78, 5) is 35.6. The number of carbonyl (C=O) groups is 3. The molecule has 3 atom stereocenters. The average molecular weight is 465 g/mol. The first-order valence-electron chi connectivity index (χ1n) is 12.0. The van der Waals surface area contributed by atoms with Crippen molar-refractivity contribution < 1.29 is 24.2 Å². The van der Waals surface area contributed by atoms with Gasteiger partial charge in [0.05, 0.1) is 5.92 Å². The highest BCUT2D eigenvalue weighted by molar-refractivity contribution is 5.79. The molecule has 34 heavy (non-hydrogen) atoms. The number of hydrogen-bond donors (Lipinski definition) is 3. The number of carbonyl (C=O) groups excluding carboxylic acids is 2. The van der Waals surface area contributed by atoms with Crippen molar-refractivity contribution >= 4 is 18.0 Å². The highest BCUT2D eigenvalue weighted by atomic mass is 16.5. The van der Waals surface area contributed by atoms with Crippen molar-refractivity contribution in [3.05, 3.63) is 59.7 Å². The molecule has 4 rings (SSSR count). The average Bonchev–Trinajstić information content (AvgIpc) is 3.43. The van der Waals surface area contributed by atoms with Crippen LogP contribution >= 0.6 is 0 Å². The standard InChI is InChI=1S/C27H32N2O5/c1-17(10-13-25(30)29-19-12-11-18(14-19)26(31)32)15-28-27(33)34-16-24-22-8-4-2-6-20(22)21-7-3-5-9-23(21)24/h2-9,17-19,24H,10-16H2,1H3,(H,28,33)(H,29,30)(H,31,32)/t17?,18-,19+/m1/s1. The van der Waals surface area contributed by atoms with E-state index in [9.17, 15) is 14.4 Å². The molecule has 2 aliphatic rings. The maximum absolute atomic E-state index is 12.3. The van der Waals surface area contributed by atoms with Crippen molar-refractivity contribution in [2.24, 2.45) is 11.8 Å². The zero-order chi connectivity index (χ0) is 24.1. The number of amides is 2. The van der Waals surface area contributed by atoms with E-state index in [1.807, 2.05) is 31.2 Å². The Morgan fingerprint density at radius 2 is 1.68 bits per heavy atom. The highest BCUT2D eigenvalue weighted by Crippen LogP contribution is 2.44. The molecule has 0 spiro atoms. The fraction of sp³-hybridized carbons (Fsp3) is 0.444. The highest BCUT2D eigenvalue weighted by Gasteiger charge is 2.31. The zero-order valence-electron chi connectivity index (χ0n) is 19.5. The van der Waals surface area contributed by atoms with Gasteiger partial charge < -0.3 is 20.5 Å². The van der Waals surface area contributed by atoms with Crippen LogP contribution in [0.1, 0.15) is 56.1 Å². The molecule has 0 bridgehead atoms. The Morgan fingerprint density at radius 1 is 1.03 bits per heavy atom. The first kappa shape index (κ1) is 23.8. The van der Waals surface area contributed by atoms with E-state index >= 15 is 0 Å². The van der Waals surface area contributed by atoms with Crippen molar-refractivity contribution in [3.8, 4) is 11.1 Å². The molecule has 1 saturated carbocycles. The largest absolute Gasteiger partial charge is 0.481 e. The number of fused-ring (bicyclic) bond motifs is 3. The van der Waals surface area contributed by atoms with E-state index in [-0.39, 0.29) is 36.3 Å². The molecule has 1 unspecified atom stereocenters. The summed E-state index contributed by atoms with van der Waals surface area (Å²) in [5.74, 6) is -1.07. The molecule has 0 heterocycles. The molecule has 2 aromatic carbocycles. The number of carboxylic acids is 1. The minimum atomic E-state index is -0.787. The van der Waals surface area contributed by atoms with Gasteiger partial charge in [0, 0.05) is 24.9 Å². The fourth-order valence-electron chi connectivity index (χ4n) is 5.02. The molecule has 7 heteroatoms. The number of carboxylic acid groups (broad SMARTS) is 1. The summed E-state index contributed by atoms with van der Waals surface area (Å²) in [7, 11) is 0. The van der Waals surface area contributed by atoms with Crippen LogP contribution in [0.2, 0.25) is 0 Å². The maximum Gasteiger partial charge on any atom is 0.407 e. The van der Waals surface area contributed by atoms with E-state index in [0.717, 1.165) is 0 Å². The van der Waals surface area contributed by atoms with Crippen LogP contribution in [-0.4, -0.2) is 42.3 Å². The number of rotatable bonds is 9. The molecule has 2 aromatic rings. The molecule has 7 nitrogen and oxygen atoms in total. The van der Waals surface area contributed by atoms with Crippen molar-refractivity contribution in [2.75, 3.05) is 13.2 Å². The quantitative estimate of drug-likeness (QED) is 0.513. The van der Waals surface area contributed by atoms with E-state index in [1.54, 1.807) is 0 Å². The number of ether oxygens (including phenoxy) is 1. The summed E-state index contributed by atoms with van der Waals surface area (Å²) in [5.41, 5.74) is 4.73. The Morgan fingerprint density at radius 3 is 2.29 bits per heavy atom. The summed E-state index contributed by atoms with van der Waals surface area (Å²) >= 11 is 0. The lowest BCUT2D eigenvalue weighted by atomic mass is 9.98. The third-order valence-corrected chi connectivity index (χ3v) is 6.95. The minimum Gasteiger partial charge on any atom is -0.481 e. The topological polar surface area (TPSA) is 105 Å². The van der Waals surface area contributed by atoms with Gasteiger partial charge in [-0.2, -0.15) is 0 Å². The number of aliphatic carboxylic acids is 1. The second-order valence-electron chi connectivity index (χ2n) is 9.46. The van der Waals surface area contributed by atoms with Crippen LogP contribution in [0.5, 0.6) is 0 Å². The molecule has 180 valence electrons. The second kappa shape index (κ2) is 10.7. The van der Waals surface area contributed by atoms with Gasteiger partial charge in [-0.3, -0.25) is 9.59 Å². The second-order valence-corrected chi connectivity index (χ2v) is 9.46. The molecule has 0 saturated heterocycles. The fourth-order valence-corrected chi connectivity index (χ4v) is 5.02. The third-order valence-electron chi connectivity index (χ3n) is 6.95. The predicted molar refractivity (Wildman–Crippen MR) is 128 cm³/mol. The van der Waals surface area contributed by atoms with Crippen LogP contribution in [0.3, 0.4) is 0 Å². The van der Waals surface area contributed by atoms with Crippen LogP contribution in [0.15, 0.2) is 48.5 Å². The van der Waals surface area contributed by atoms with Crippen LogP contribution in [-0.2, 0) is 14.3 Å². The Bertz CT molecular complexity index is 1010. The lowest BCUT2D eigenvalue weighted by Crippen LogP contribution is -2.34. The van der Waals surface area contributed by atoms with Gasteiger partial charge in [-0.1, -0.05) is 55.5 Å². The van der Waals surface area contributed by atoms with E-state index < -0.39 is 12.1 Å². The van der Waals surface area contributed by atoms with Crippen LogP contribution in [0.4, 0.5) is 4.79 Å². The third kappa shape index (κ3) is 5.58. The van der Waals surface area contributed by atoms with E-state index in [4.69, 9.17) is 9.84 Å². The first-order valence-corrected chi connectivity index (χ1v) is 12.0. The Balaban J connectivity index is 1.17. The summed E-state index contributed by atoms with van der Waals surface area (Å²) in [6.45, 7) is 2.68.